The molecule has 0 N–H and O–H groups in total. The highest BCUT2D eigenvalue weighted by atomic mass is 16.5. The first-order valence-electron chi connectivity index (χ1n) is 7.58. The Morgan fingerprint density at radius 2 is 1.78 bits per heavy atom. The summed E-state index contributed by atoms with van der Waals surface area (Å²) < 4.78 is 5.16. The predicted octanol–water partition coefficient (Wildman–Crippen LogP) is 4.58. The molecular formula is C20H17NO2. The minimum Gasteiger partial charge on any atom is -0.462 e. The molecule has 114 valence electrons. The molecule has 3 heteroatoms. The van der Waals surface area contributed by atoms with Crippen molar-refractivity contribution in [2.75, 3.05) is 6.61 Å². The van der Waals surface area contributed by atoms with Gasteiger partial charge in [0.1, 0.15) is 0 Å². The van der Waals surface area contributed by atoms with Crippen LogP contribution in [0.15, 0.2) is 60.7 Å². The summed E-state index contributed by atoms with van der Waals surface area (Å²) in [5.41, 5.74) is 3.01. The molecule has 0 spiro atoms. The van der Waals surface area contributed by atoms with Crippen LogP contribution >= 0.6 is 0 Å². The van der Waals surface area contributed by atoms with E-state index in [9.17, 15) is 4.79 Å². The molecular weight excluding hydrogens is 286 g/mol. The average molecular weight is 303 g/mol. The van der Waals surface area contributed by atoms with E-state index in [1.54, 1.807) is 6.92 Å². The minimum absolute atomic E-state index is 0.341. The van der Waals surface area contributed by atoms with E-state index in [0.29, 0.717) is 17.9 Å². The van der Waals surface area contributed by atoms with Gasteiger partial charge < -0.3 is 4.74 Å². The molecule has 0 unspecified atom stereocenters. The summed E-state index contributed by atoms with van der Waals surface area (Å²) in [6, 6.07) is 19.5. The molecule has 3 aromatic rings. The number of ether oxygens (including phenoxy) is 1. The summed E-state index contributed by atoms with van der Waals surface area (Å²) in [6.45, 7) is 2.14. The second kappa shape index (κ2) is 6.88. The van der Waals surface area contributed by atoms with Crippen LogP contribution in [0, 0.1) is 0 Å². The smallest absolute Gasteiger partial charge is 0.340 e. The fraction of sp³-hybridized carbons (Fsp3) is 0.100. The fourth-order valence-electron chi connectivity index (χ4n) is 2.37. The molecule has 0 aliphatic heterocycles. The third kappa shape index (κ3) is 3.46. The van der Waals surface area contributed by atoms with Crippen molar-refractivity contribution in [3.05, 3.63) is 77.5 Å². The predicted molar refractivity (Wildman–Crippen MR) is 93.1 cm³/mol. The van der Waals surface area contributed by atoms with Gasteiger partial charge in [0.2, 0.25) is 0 Å². The molecule has 3 rings (SSSR count). The van der Waals surface area contributed by atoms with Gasteiger partial charge in [-0.3, -0.25) is 0 Å². The monoisotopic (exact) mass is 303 g/mol. The Labute approximate surface area is 135 Å². The number of carbonyl (C=O) groups excluding carboxylic acids is 1. The van der Waals surface area contributed by atoms with Gasteiger partial charge in [0.25, 0.3) is 0 Å². The molecule has 1 aromatic heterocycles. The van der Waals surface area contributed by atoms with E-state index in [1.165, 1.54) is 0 Å². The normalized spacial score (nSPS) is 11.0. The number of benzene rings is 2. The van der Waals surface area contributed by atoms with Crippen molar-refractivity contribution in [1.82, 2.24) is 4.98 Å². The van der Waals surface area contributed by atoms with Crippen LogP contribution in [-0.4, -0.2) is 17.6 Å². The Kier molecular flexibility index (Phi) is 4.48. The van der Waals surface area contributed by atoms with E-state index < -0.39 is 0 Å². The third-order valence-corrected chi connectivity index (χ3v) is 3.48. The highest BCUT2D eigenvalue weighted by Gasteiger charge is 2.13. The van der Waals surface area contributed by atoms with Crippen molar-refractivity contribution in [1.29, 1.82) is 0 Å². The molecule has 0 bridgehead atoms. The van der Waals surface area contributed by atoms with Crippen LogP contribution in [0.2, 0.25) is 0 Å². The van der Waals surface area contributed by atoms with Gasteiger partial charge in [0.15, 0.2) is 0 Å². The zero-order chi connectivity index (χ0) is 16.1. The summed E-state index contributed by atoms with van der Waals surface area (Å²) in [7, 11) is 0. The number of carbonyl (C=O) groups is 1. The molecule has 3 nitrogen and oxygen atoms in total. The van der Waals surface area contributed by atoms with E-state index >= 15 is 0 Å². The van der Waals surface area contributed by atoms with Gasteiger partial charge in [0.05, 0.1) is 23.4 Å². The fourth-order valence-corrected chi connectivity index (χ4v) is 2.37. The quantitative estimate of drug-likeness (QED) is 0.662. The summed E-state index contributed by atoms with van der Waals surface area (Å²) in [6.07, 6.45) is 3.80. The van der Waals surface area contributed by atoms with Crippen LogP contribution in [0.4, 0.5) is 0 Å². The number of aromatic nitrogens is 1. The first kappa shape index (κ1) is 15.0. The Hall–Kier alpha value is -2.94. The van der Waals surface area contributed by atoms with Crippen molar-refractivity contribution in [2.45, 2.75) is 6.92 Å². The maximum absolute atomic E-state index is 12.2. The number of hydrogen-bond acceptors (Lipinski definition) is 3. The van der Waals surface area contributed by atoms with Crippen LogP contribution in [0.25, 0.3) is 23.1 Å². The second-order valence-corrected chi connectivity index (χ2v) is 5.08. The lowest BCUT2D eigenvalue weighted by molar-refractivity contribution is 0.0526. The number of hydrogen-bond donors (Lipinski definition) is 0. The summed E-state index contributed by atoms with van der Waals surface area (Å²) in [5.74, 6) is -0.349. The number of fused-ring (bicyclic) bond motifs is 1. The Morgan fingerprint density at radius 1 is 1.04 bits per heavy atom. The van der Waals surface area contributed by atoms with Gasteiger partial charge in [-0.05, 0) is 30.7 Å². The molecule has 1 heterocycles. The topological polar surface area (TPSA) is 39.2 Å². The number of para-hydroxylation sites is 1. The van der Waals surface area contributed by atoms with Gasteiger partial charge >= 0.3 is 5.97 Å². The molecule has 0 fully saturated rings. The van der Waals surface area contributed by atoms with Gasteiger partial charge in [-0.15, -0.1) is 0 Å². The van der Waals surface area contributed by atoms with Crippen LogP contribution in [0.5, 0.6) is 0 Å². The molecule has 0 saturated heterocycles. The average Bonchev–Trinajstić information content (AvgIpc) is 2.60. The summed E-state index contributed by atoms with van der Waals surface area (Å²) >= 11 is 0. The standard InChI is InChI=1S/C20H17NO2/c1-2-23-20(22)17-14-16-10-6-7-11-18(16)21-19(17)13-12-15-8-4-3-5-9-15/h3-14H,2H2,1H3/b13-12+. The first-order valence-corrected chi connectivity index (χ1v) is 7.58. The number of nitrogens with zero attached hydrogens (tertiary/aromatic N) is 1. The molecule has 0 atom stereocenters. The van der Waals surface area contributed by atoms with Crippen molar-refractivity contribution in [3.63, 3.8) is 0 Å². The SMILES string of the molecule is CCOC(=O)c1cc2ccccc2nc1/C=C/c1ccccc1. The van der Waals surface area contributed by atoms with E-state index in [-0.39, 0.29) is 5.97 Å². The van der Waals surface area contributed by atoms with Crippen molar-refractivity contribution < 1.29 is 9.53 Å². The van der Waals surface area contributed by atoms with Crippen molar-refractivity contribution >= 4 is 29.0 Å². The maximum Gasteiger partial charge on any atom is 0.340 e. The van der Waals surface area contributed by atoms with Gasteiger partial charge in [-0.25, -0.2) is 9.78 Å². The van der Waals surface area contributed by atoms with E-state index in [0.717, 1.165) is 16.5 Å². The largest absolute Gasteiger partial charge is 0.462 e. The Balaban J connectivity index is 2.07. The van der Waals surface area contributed by atoms with Crippen molar-refractivity contribution in [3.8, 4) is 0 Å². The van der Waals surface area contributed by atoms with Crippen LogP contribution in [0.1, 0.15) is 28.5 Å². The number of rotatable bonds is 4. The maximum atomic E-state index is 12.2. The molecule has 0 aliphatic carbocycles. The summed E-state index contributed by atoms with van der Waals surface area (Å²) in [4.78, 5) is 16.8. The lowest BCUT2D eigenvalue weighted by Gasteiger charge is -2.07. The zero-order valence-corrected chi connectivity index (χ0v) is 12.9. The first-order chi connectivity index (χ1) is 11.3. The van der Waals surface area contributed by atoms with E-state index in [4.69, 9.17) is 4.74 Å². The third-order valence-electron chi connectivity index (χ3n) is 3.48. The van der Waals surface area contributed by atoms with E-state index in [2.05, 4.69) is 4.98 Å². The summed E-state index contributed by atoms with van der Waals surface area (Å²) in [5, 5.41) is 0.924. The van der Waals surface area contributed by atoms with Crippen LogP contribution < -0.4 is 0 Å². The lowest BCUT2D eigenvalue weighted by atomic mass is 10.1. The van der Waals surface area contributed by atoms with Crippen LogP contribution in [0.3, 0.4) is 0 Å². The van der Waals surface area contributed by atoms with Gasteiger partial charge in [0, 0.05) is 5.39 Å². The van der Waals surface area contributed by atoms with Crippen LogP contribution in [-0.2, 0) is 4.74 Å². The molecule has 0 aliphatic rings. The highest BCUT2D eigenvalue weighted by molar-refractivity contribution is 5.98. The lowest BCUT2D eigenvalue weighted by Crippen LogP contribution is -2.08. The zero-order valence-electron chi connectivity index (χ0n) is 12.9. The number of pyridine rings is 1. The Bertz CT molecular complexity index is 854. The Morgan fingerprint density at radius 3 is 2.57 bits per heavy atom. The number of esters is 1. The highest BCUT2D eigenvalue weighted by Crippen LogP contribution is 2.19. The molecule has 0 saturated carbocycles. The van der Waals surface area contributed by atoms with Crippen molar-refractivity contribution in [2.24, 2.45) is 0 Å². The molecule has 2 aromatic carbocycles. The molecule has 0 amide bonds. The second-order valence-electron chi connectivity index (χ2n) is 5.08. The minimum atomic E-state index is -0.349. The van der Waals surface area contributed by atoms with Gasteiger partial charge in [-0.1, -0.05) is 54.6 Å². The van der Waals surface area contributed by atoms with E-state index in [1.807, 2.05) is 72.8 Å². The molecule has 23 heavy (non-hydrogen) atoms. The molecule has 0 radical (unpaired) electrons. The van der Waals surface area contributed by atoms with Gasteiger partial charge in [-0.2, -0.15) is 0 Å².